The van der Waals surface area contributed by atoms with Gasteiger partial charge in [-0.1, -0.05) is 58.0 Å². The van der Waals surface area contributed by atoms with Gasteiger partial charge in [0.05, 0.1) is 0 Å². The van der Waals surface area contributed by atoms with Crippen molar-refractivity contribution in [2.45, 2.75) is 46.5 Å². The van der Waals surface area contributed by atoms with Gasteiger partial charge in [-0.2, -0.15) is 0 Å². The van der Waals surface area contributed by atoms with Crippen molar-refractivity contribution in [3.8, 4) is 0 Å². The van der Waals surface area contributed by atoms with Gasteiger partial charge < -0.3 is 10.2 Å². The lowest BCUT2D eigenvalue weighted by Gasteiger charge is -2.54. The van der Waals surface area contributed by atoms with Gasteiger partial charge in [-0.15, -0.1) is 0 Å². The molecule has 1 fully saturated rings. The maximum atomic E-state index is 11.8. The van der Waals surface area contributed by atoms with Gasteiger partial charge >= 0.3 is 11.9 Å². The van der Waals surface area contributed by atoms with E-state index >= 15 is 0 Å². The van der Waals surface area contributed by atoms with Crippen molar-refractivity contribution in [1.29, 1.82) is 0 Å². The number of aliphatic carboxylic acids is 2. The van der Waals surface area contributed by atoms with Crippen LogP contribution >= 0.6 is 0 Å². The van der Waals surface area contributed by atoms with Crippen LogP contribution in [0.4, 0.5) is 0 Å². The highest BCUT2D eigenvalue weighted by molar-refractivity contribution is 5.98. The van der Waals surface area contributed by atoms with E-state index in [0.29, 0.717) is 0 Å². The zero-order valence-electron chi connectivity index (χ0n) is 13.6. The van der Waals surface area contributed by atoms with Gasteiger partial charge in [0.2, 0.25) is 0 Å². The summed E-state index contributed by atoms with van der Waals surface area (Å²) < 4.78 is 0. The van der Waals surface area contributed by atoms with E-state index in [1.165, 1.54) is 0 Å². The first-order valence-corrected chi connectivity index (χ1v) is 7.55. The van der Waals surface area contributed by atoms with E-state index in [9.17, 15) is 19.8 Å². The summed E-state index contributed by atoms with van der Waals surface area (Å²) in [6, 6.07) is 9.98. The molecule has 1 aromatic carbocycles. The first-order valence-electron chi connectivity index (χ1n) is 7.55. The van der Waals surface area contributed by atoms with Crippen LogP contribution in [0.1, 0.15) is 52.0 Å². The second-order valence-electron chi connectivity index (χ2n) is 7.87. The average molecular weight is 304 g/mol. The maximum Gasteiger partial charge on any atom is 0.321 e. The summed E-state index contributed by atoms with van der Waals surface area (Å²) in [5.41, 5.74) is -1.43. The van der Waals surface area contributed by atoms with Crippen LogP contribution in [-0.4, -0.2) is 22.2 Å². The summed E-state index contributed by atoms with van der Waals surface area (Å²) in [5.74, 6) is -2.35. The second-order valence-corrected chi connectivity index (χ2v) is 7.87. The molecule has 0 heterocycles. The molecule has 0 amide bonds. The van der Waals surface area contributed by atoms with Crippen molar-refractivity contribution >= 4 is 11.9 Å². The molecule has 0 aliphatic heterocycles. The number of benzene rings is 1. The van der Waals surface area contributed by atoms with E-state index in [1.54, 1.807) is 0 Å². The molecule has 0 unspecified atom stereocenters. The second kappa shape index (κ2) is 5.11. The smallest absolute Gasteiger partial charge is 0.321 e. The minimum atomic E-state index is -1.71. The highest BCUT2D eigenvalue weighted by Crippen LogP contribution is 2.61. The summed E-state index contributed by atoms with van der Waals surface area (Å²) in [7, 11) is 0. The molecule has 0 spiro atoms. The summed E-state index contributed by atoms with van der Waals surface area (Å²) in [5, 5.41) is 19.2. The van der Waals surface area contributed by atoms with Gasteiger partial charge in [0.15, 0.2) is 5.41 Å². The lowest BCUT2D eigenvalue weighted by atomic mass is 9.48. The molecule has 2 N–H and O–H groups in total. The lowest BCUT2D eigenvalue weighted by molar-refractivity contribution is -0.177. The van der Waals surface area contributed by atoms with Gasteiger partial charge in [0.25, 0.3) is 0 Å². The highest BCUT2D eigenvalue weighted by Gasteiger charge is 2.61. The summed E-state index contributed by atoms with van der Waals surface area (Å²) in [4.78, 5) is 23.5. The van der Waals surface area contributed by atoms with Gasteiger partial charge in [0.1, 0.15) is 0 Å². The third-order valence-electron chi connectivity index (χ3n) is 5.03. The number of hydrogen-bond acceptors (Lipinski definition) is 2. The van der Waals surface area contributed by atoms with Gasteiger partial charge in [0, 0.05) is 0 Å². The molecule has 2 rings (SSSR count). The topological polar surface area (TPSA) is 74.6 Å². The Labute approximate surface area is 131 Å². The molecule has 0 saturated heterocycles. The molecule has 0 radical (unpaired) electrons. The first-order chi connectivity index (χ1) is 10.0. The Balaban J connectivity index is 2.56. The molecule has 0 aromatic heterocycles. The Kier molecular flexibility index (Phi) is 3.84. The Hall–Kier alpha value is -1.84. The van der Waals surface area contributed by atoms with E-state index in [0.717, 1.165) is 5.56 Å². The molecule has 1 aliphatic carbocycles. The zero-order chi connectivity index (χ0) is 16.8. The van der Waals surface area contributed by atoms with Crippen LogP contribution < -0.4 is 0 Å². The van der Waals surface area contributed by atoms with E-state index < -0.39 is 28.2 Å². The molecule has 1 aliphatic rings. The molecule has 120 valence electrons. The minimum Gasteiger partial charge on any atom is -0.480 e. The lowest BCUT2D eigenvalue weighted by Crippen LogP contribution is -2.54. The molecular weight excluding hydrogens is 280 g/mol. The van der Waals surface area contributed by atoms with Crippen molar-refractivity contribution in [3.63, 3.8) is 0 Å². The summed E-state index contributed by atoms with van der Waals surface area (Å²) >= 11 is 0. The van der Waals surface area contributed by atoms with E-state index in [4.69, 9.17) is 0 Å². The molecule has 0 atom stereocenters. The fraction of sp³-hybridized carbons (Fsp3) is 0.556. The summed E-state index contributed by atoms with van der Waals surface area (Å²) in [6.07, 6.45) is 0.265. The largest absolute Gasteiger partial charge is 0.480 e. The Bertz CT molecular complexity index is 552. The van der Waals surface area contributed by atoms with Crippen molar-refractivity contribution < 1.29 is 19.8 Å². The van der Waals surface area contributed by atoms with Crippen LogP contribution in [0.25, 0.3) is 0 Å². The minimum absolute atomic E-state index is 0.105. The molecular formula is C18H24O4. The molecule has 1 saturated carbocycles. The van der Waals surface area contributed by atoms with Crippen molar-refractivity contribution in [1.82, 2.24) is 0 Å². The molecule has 4 heteroatoms. The molecule has 22 heavy (non-hydrogen) atoms. The maximum absolute atomic E-state index is 11.8. The number of rotatable bonds is 3. The Morgan fingerprint density at radius 2 is 1.32 bits per heavy atom. The number of carbonyl (C=O) groups is 2. The number of hydrogen-bond donors (Lipinski definition) is 2. The predicted octanol–water partition coefficient (Wildman–Crippen LogP) is 3.77. The van der Waals surface area contributed by atoms with Crippen molar-refractivity contribution in [2.24, 2.45) is 16.2 Å². The quantitative estimate of drug-likeness (QED) is 0.834. The molecule has 1 aromatic rings. The fourth-order valence-electron chi connectivity index (χ4n) is 4.82. The summed E-state index contributed by atoms with van der Waals surface area (Å²) in [6.45, 7) is 7.91. The predicted molar refractivity (Wildman–Crippen MR) is 83.7 cm³/mol. The van der Waals surface area contributed by atoms with Gasteiger partial charge in [-0.05, 0) is 35.2 Å². The number of carboxylic acid groups (broad SMARTS) is 2. The third-order valence-corrected chi connectivity index (χ3v) is 5.03. The van der Waals surface area contributed by atoms with E-state index in [2.05, 4.69) is 0 Å². The molecule has 0 bridgehead atoms. The van der Waals surface area contributed by atoms with Gasteiger partial charge in [-0.3, -0.25) is 9.59 Å². The van der Waals surface area contributed by atoms with Crippen LogP contribution in [0.15, 0.2) is 30.3 Å². The highest BCUT2D eigenvalue weighted by atomic mass is 16.4. The van der Waals surface area contributed by atoms with Crippen molar-refractivity contribution in [3.05, 3.63) is 35.9 Å². The van der Waals surface area contributed by atoms with Crippen molar-refractivity contribution in [2.75, 3.05) is 0 Å². The number of carboxylic acids is 2. The Morgan fingerprint density at radius 3 is 1.68 bits per heavy atom. The van der Waals surface area contributed by atoms with Crippen LogP contribution in [0.3, 0.4) is 0 Å². The monoisotopic (exact) mass is 304 g/mol. The van der Waals surface area contributed by atoms with Crippen LogP contribution in [0.5, 0.6) is 0 Å². The van der Waals surface area contributed by atoms with E-state index in [1.807, 2.05) is 58.0 Å². The van der Waals surface area contributed by atoms with Crippen LogP contribution in [0, 0.1) is 16.2 Å². The van der Waals surface area contributed by atoms with Crippen LogP contribution in [-0.2, 0) is 9.59 Å². The zero-order valence-corrected chi connectivity index (χ0v) is 13.6. The van der Waals surface area contributed by atoms with Crippen LogP contribution in [0.2, 0.25) is 0 Å². The van der Waals surface area contributed by atoms with E-state index in [-0.39, 0.29) is 18.8 Å². The standard InChI is InChI=1S/C18H24O4/c1-16(2)10-18(14(19)20,15(21)22)11-17(3,4)13(16)12-8-6-5-7-9-12/h5-9,13H,10-11H2,1-4H3,(H,19,20)(H,21,22). The SMILES string of the molecule is CC1(C)CC(C(=O)O)(C(=O)O)CC(C)(C)C1c1ccccc1. The Morgan fingerprint density at radius 1 is 0.909 bits per heavy atom. The van der Waals surface area contributed by atoms with Gasteiger partial charge in [-0.25, -0.2) is 0 Å². The first kappa shape index (κ1) is 16.5. The molecule has 4 nitrogen and oxygen atoms in total. The fourth-order valence-corrected chi connectivity index (χ4v) is 4.82. The average Bonchev–Trinajstić information content (AvgIpc) is 2.36. The normalized spacial score (nSPS) is 22.9. The third kappa shape index (κ3) is 2.51.